The Hall–Kier alpha value is -2.24. The van der Waals surface area contributed by atoms with Gasteiger partial charge in [-0.25, -0.2) is 0 Å². The fraction of sp³-hybridized carbons (Fsp3) is 0.500. The van der Waals surface area contributed by atoms with Gasteiger partial charge in [0.2, 0.25) is 5.91 Å². The summed E-state index contributed by atoms with van der Waals surface area (Å²) in [6.45, 7) is 2.59. The SMILES string of the molecule is C[C@H](CN(C)C(=O)[C@H](c1ccccc1)C1CC1)c1nn[nH]n1. The van der Waals surface area contributed by atoms with Gasteiger partial charge < -0.3 is 4.90 Å². The van der Waals surface area contributed by atoms with E-state index in [9.17, 15) is 4.79 Å². The molecule has 0 aliphatic heterocycles. The zero-order valence-electron chi connectivity index (χ0n) is 12.9. The van der Waals surface area contributed by atoms with Crippen LogP contribution in [0.25, 0.3) is 0 Å². The van der Waals surface area contributed by atoms with E-state index in [0.29, 0.717) is 18.3 Å². The molecule has 3 rings (SSSR count). The lowest BCUT2D eigenvalue weighted by molar-refractivity contribution is -0.132. The van der Waals surface area contributed by atoms with Crippen molar-refractivity contribution in [1.82, 2.24) is 25.5 Å². The van der Waals surface area contributed by atoms with Gasteiger partial charge in [-0.2, -0.15) is 5.21 Å². The van der Waals surface area contributed by atoms with E-state index in [1.807, 2.05) is 32.2 Å². The molecule has 0 unspecified atom stereocenters. The number of aromatic amines is 1. The van der Waals surface area contributed by atoms with E-state index in [0.717, 1.165) is 18.4 Å². The van der Waals surface area contributed by atoms with Crippen molar-refractivity contribution in [3.63, 3.8) is 0 Å². The van der Waals surface area contributed by atoms with Crippen molar-refractivity contribution in [3.05, 3.63) is 41.7 Å². The number of aromatic nitrogens is 4. The molecule has 1 heterocycles. The number of carbonyl (C=O) groups excluding carboxylic acids is 1. The Balaban J connectivity index is 1.70. The smallest absolute Gasteiger partial charge is 0.230 e. The van der Waals surface area contributed by atoms with Crippen molar-refractivity contribution in [1.29, 1.82) is 0 Å². The van der Waals surface area contributed by atoms with Gasteiger partial charge in [0.1, 0.15) is 0 Å². The number of tetrazole rings is 1. The van der Waals surface area contributed by atoms with E-state index in [4.69, 9.17) is 0 Å². The molecule has 0 spiro atoms. The summed E-state index contributed by atoms with van der Waals surface area (Å²) in [4.78, 5) is 14.7. The van der Waals surface area contributed by atoms with Gasteiger partial charge >= 0.3 is 0 Å². The fourth-order valence-corrected chi connectivity index (χ4v) is 2.90. The molecule has 0 radical (unpaired) electrons. The van der Waals surface area contributed by atoms with Gasteiger partial charge in [0.15, 0.2) is 5.82 Å². The number of nitrogens with zero attached hydrogens (tertiary/aromatic N) is 4. The van der Waals surface area contributed by atoms with Crippen LogP contribution >= 0.6 is 0 Å². The molecule has 6 heteroatoms. The minimum atomic E-state index is -0.0244. The monoisotopic (exact) mass is 299 g/mol. The van der Waals surface area contributed by atoms with E-state index >= 15 is 0 Å². The number of rotatable bonds is 6. The highest BCUT2D eigenvalue weighted by Crippen LogP contribution is 2.43. The molecule has 1 saturated carbocycles. The highest BCUT2D eigenvalue weighted by Gasteiger charge is 2.38. The van der Waals surface area contributed by atoms with Crippen LogP contribution in [0.5, 0.6) is 0 Å². The van der Waals surface area contributed by atoms with E-state index in [1.165, 1.54) is 0 Å². The molecule has 1 aliphatic rings. The summed E-state index contributed by atoms with van der Waals surface area (Å²) in [6, 6.07) is 10.1. The summed E-state index contributed by atoms with van der Waals surface area (Å²) < 4.78 is 0. The number of benzene rings is 1. The van der Waals surface area contributed by atoms with Crippen molar-refractivity contribution >= 4 is 5.91 Å². The number of likely N-dealkylation sites (N-methyl/N-ethyl adjacent to an activating group) is 1. The first-order chi connectivity index (χ1) is 10.7. The Morgan fingerprint density at radius 3 is 2.68 bits per heavy atom. The average Bonchev–Trinajstić information content (AvgIpc) is 3.20. The summed E-state index contributed by atoms with van der Waals surface area (Å²) in [6.07, 6.45) is 2.28. The summed E-state index contributed by atoms with van der Waals surface area (Å²) in [5.41, 5.74) is 1.12. The Labute approximate surface area is 129 Å². The highest BCUT2D eigenvalue weighted by atomic mass is 16.2. The normalized spacial score (nSPS) is 17.0. The Morgan fingerprint density at radius 1 is 1.36 bits per heavy atom. The molecular weight excluding hydrogens is 278 g/mol. The maximum atomic E-state index is 12.9. The molecule has 6 nitrogen and oxygen atoms in total. The number of amides is 1. The van der Waals surface area contributed by atoms with Crippen LogP contribution in [0.2, 0.25) is 0 Å². The second-order valence-corrected chi connectivity index (χ2v) is 6.12. The third kappa shape index (κ3) is 3.16. The molecule has 2 atom stereocenters. The Morgan fingerprint density at radius 2 is 2.09 bits per heavy atom. The molecule has 1 fully saturated rings. The van der Waals surface area contributed by atoms with Crippen LogP contribution in [0, 0.1) is 5.92 Å². The van der Waals surface area contributed by atoms with Gasteiger partial charge in [0.05, 0.1) is 5.92 Å². The first-order valence-electron chi connectivity index (χ1n) is 7.70. The zero-order valence-corrected chi connectivity index (χ0v) is 12.9. The van der Waals surface area contributed by atoms with Gasteiger partial charge in [0, 0.05) is 19.5 Å². The number of hydrogen-bond donors (Lipinski definition) is 1. The van der Waals surface area contributed by atoms with Crippen LogP contribution in [-0.4, -0.2) is 45.0 Å². The highest BCUT2D eigenvalue weighted by molar-refractivity contribution is 5.84. The van der Waals surface area contributed by atoms with Crippen LogP contribution < -0.4 is 0 Å². The van der Waals surface area contributed by atoms with Crippen molar-refractivity contribution in [3.8, 4) is 0 Å². The molecule has 1 N–H and O–H groups in total. The molecule has 22 heavy (non-hydrogen) atoms. The number of nitrogens with one attached hydrogen (secondary N) is 1. The number of carbonyl (C=O) groups is 1. The summed E-state index contributed by atoms with van der Waals surface area (Å²) in [5.74, 6) is 1.34. The van der Waals surface area contributed by atoms with Gasteiger partial charge in [-0.15, -0.1) is 10.2 Å². The van der Waals surface area contributed by atoms with Crippen molar-refractivity contribution in [2.45, 2.75) is 31.6 Å². The van der Waals surface area contributed by atoms with Gasteiger partial charge in [0.25, 0.3) is 0 Å². The molecule has 1 amide bonds. The first kappa shape index (κ1) is 14.7. The molecule has 116 valence electrons. The predicted octanol–water partition coefficient (Wildman–Crippen LogP) is 1.96. The van der Waals surface area contributed by atoms with Crippen molar-refractivity contribution in [2.75, 3.05) is 13.6 Å². The lowest BCUT2D eigenvalue weighted by Gasteiger charge is -2.25. The van der Waals surface area contributed by atoms with E-state index in [1.54, 1.807) is 4.90 Å². The molecule has 2 aromatic rings. The molecule has 0 saturated heterocycles. The van der Waals surface area contributed by atoms with Crippen LogP contribution in [0.4, 0.5) is 0 Å². The molecule has 1 aromatic heterocycles. The van der Waals surface area contributed by atoms with E-state index in [-0.39, 0.29) is 17.7 Å². The summed E-state index contributed by atoms with van der Waals surface area (Å²) in [5, 5.41) is 14.0. The van der Waals surface area contributed by atoms with Crippen LogP contribution in [0.3, 0.4) is 0 Å². The van der Waals surface area contributed by atoms with Crippen LogP contribution in [0.15, 0.2) is 30.3 Å². The third-order valence-electron chi connectivity index (χ3n) is 4.24. The quantitative estimate of drug-likeness (QED) is 0.884. The number of hydrogen-bond acceptors (Lipinski definition) is 4. The van der Waals surface area contributed by atoms with Crippen molar-refractivity contribution in [2.24, 2.45) is 5.92 Å². The standard InChI is InChI=1S/C16H21N5O/c1-11(15-17-19-20-18-15)10-21(2)16(22)14(13-8-9-13)12-6-4-3-5-7-12/h3-7,11,13-14H,8-10H2,1-2H3,(H,17,18,19,20)/t11-,14-/m1/s1. The van der Waals surface area contributed by atoms with Crippen LogP contribution in [-0.2, 0) is 4.79 Å². The average molecular weight is 299 g/mol. The largest absolute Gasteiger partial charge is 0.344 e. The second-order valence-electron chi connectivity index (χ2n) is 6.12. The van der Waals surface area contributed by atoms with E-state index in [2.05, 4.69) is 32.8 Å². The van der Waals surface area contributed by atoms with Crippen LogP contribution in [0.1, 0.15) is 43.0 Å². The fourth-order valence-electron chi connectivity index (χ4n) is 2.90. The maximum Gasteiger partial charge on any atom is 0.230 e. The number of H-pyrrole nitrogens is 1. The minimum absolute atomic E-state index is 0.0244. The molecular formula is C16H21N5O. The topological polar surface area (TPSA) is 74.8 Å². The Bertz CT molecular complexity index is 609. The minimum Gasteiger partial charge on any atom is -0.344 e. The molecule has 0 bridgehead atoms. The zero-order chi connectivity index (χ0) is 15.5. The molecule has 1 aliphatic carbocycles. The van der Waals surface area contributed by atoms with Gasteiger partial charge in [-0.3, -0.25) is 4.79 Å². The van der Waals surface area contributed by atoms with Crippen molar-refractivity contribution < 1.29 is 4.79 Å². The van der Waals surface area contributed by atoms with Gasteiger partial charge in [-0.05, 0) is 24.3 Å². The van der Waals surface area contributed by atoms with E-state index < -0.39 is 0 Å². The summed E-state index contributed by atoms with van der Waals surface area (Å²) in [7, 11) is 1.86. The second kappa shape index (κ2) is 6.25. The Kier molecular flexibility index (Phi) is 4.18. The lowest BCUT2D eigenvalue weighted by Crippen LogP contribution is -2.35. The van der Waals surface area contributed by atoms with Gasteiger partial charge in [-0.1, -0.05) is 42.5 Å². The maximum absolute atomic E-state index is 12.9. The third-order valence-corrected chi connectivity index (χ3v) is 4.24. The molecule has 1 aromatic carbocycles. The predicted molar refractivity (Wildman–Crippen MR) is 82.1 cm³/mol. The lowest BCUT2D eigenvalue weighted by atomic mass is 9.92. The summed E-state index contributed by atoms with van der Waals surface area (Å²) >= 11 is 0. The first-order valence-corrected chi connectivity index (χ1v) is 7.70.